The molecule has 1 rings (SSSR count). The highest BCUT2D eigenvalue weighted by molar-refractivity contribution is 9.10. The summed E-state index contributed by atoms with van der Waals surface area (Å²) < 4.78 is 37.4. The SMILES string of the molecule is O=C(O)Cc1c(C(F)F)ncc(F)c1Br. The fourth-order valence-corrected chi connectivity index (χ4v) is 1.47. The Kier molecular flexibility index (Phi) is 3.67. The highest BCUT2D eigenvalue weighted by Gasteiger charge is 2.21. The summed E-state index contributed by atoms with van der Waals surface area (Å²) in [6, 6.07) is 0. The Bertz CT molecular complexity index is 398. The summed E-state index contributed by atoms with van der Waals surface area (Å²) in [4.78, 5) is 13.6. The van der Waals surface area contributed by atoms with Gasteiger partial charge in [0.25, 0.3) is 6.43 Å². The average molecular weight is 284 g/mol. The largest absolute Gasteiger partial charge is 0.481 e. The van der Waals surface area contributed by atoms with Crippen molar-refractivity contribution in [2.24, 2.45) is 0 Å². The van der Waals surface area contributed by atoms with Gasteiger partial charge in [0.2, 0.25) is 0 Å². The number of aromatic nitrogens is 1. The van der Waals surface area contributed by atoms with E-state index in [0.29, 0.717) is 6.20 Å². The number of aliphatic carboxylic acids is 1. The normalized spacial score (nSPS) is 10.7. The van der Waals surface area contributed by atoms with E-state index < -0.39 is 30.3 Å². The minimum absolute atomic E-state index is 0.282. The third-order valence-electron chi connectivity index (χ3n) is 1.64. The van der Waals surface area contributed by atoms with Gasteiger partial charge in [0.15, 0.2) is 5.82 Å². The van der Waals surface area contributed by atoms with E-state index >= 15 is 0 Å². The van der Waals surface area contributed by atoms with Gasteiger partial charge in [-0.1, -0.05) is 0 Å². The van der Waals surface area contributed by atoms with Crippen LogP contribution in [-0.2, 0) is 11.2 Å². The number of alkyl halides is 2. The van der Waals surface area contributed by atoms with Crippen molar-refractivity contribution >= 4 is 21.9 Å². The number of hydrogen-bond donors (Lipinski definition) is 1. The minimum Gasteiger partial charge on any atom is -0.481 e. The second kappa shape index (κ2) is 4.61. The molecule has 3 nitrogen and oxygen atoms in total. The maximum Gasteiger partial charge on any atom is 0.307 e. The molecule has 1 aromatic heterocycles. The third kappa shape index (κ3) is 2.68. The van der Waals surface area contributed by atoms with E-state index in [9.17, 15) is 18.0 Å². The summed E-state index contributed by atoms with van der Waals surface area (Å²) in [6.07, 6.45) is -3.02. The number of pyridine rings is 1. The highest BCUT2D eigenvalue weighted by atomic mass is 79.9. The molecule has 1 aromatic rings. The van der Waals surface area contributed by atoms with Crippen LogP contribution < -0.4 is 0 Å². The van der Waals surface area contributed by atoms with Crippen LogP contribution >= 0.6 is 15.9 Å². The summed E-state index contributed by atoms with van der Waals surface area (Å²) in [5, 5.41) is 8.47. The quantitative estimate of drug-likeness (QED) is 0.928. The van der Waals surface area contributed by atoms with Crippen LogP contribution in [0.4, 0.5) is 13.2 Å². The van der Waals surface area contributed by atoms with Crippen LogP contribution in [0.25, 0.3) is 0 Å². The first-order chi connectivity index (χ1) is 6.93. The maximum absolute atomic E-state index is 12.9. The average Bonchev–Trinajstić information content (AvgIpc) is 2.12. The predicted octanol–water partition coefficient (Wildman–Crippen LogP) is 2.55. The summed E-state index contributed by atoms with van der Waals surface area (Å²) in [5.74, 6) is -2.19. The van der Waals surface area contributed by atoms with Gasteiger partial charge in [-0.2, -0.15) is 0 Å². The highest BCUT2D eigenvalue weighted by Crippen LogP contribution is 2.29. The van der Waals surface area contributed by atoms with Crippen molar-refractivity contribution in [1.29, 1.82) is 0 Å². The van der Waals surface area contributed by atoms with Crippen molar-refractivity contribution in [1.82, 2.24) is 4.98 Å². The summed E-state index contributed by atoms with van der Waals surface area (Å²) >= 11 is 2.72. The summed E-state index contributed by atoms with van der Waals surface area (Å²) in [6.45, 7) is 0. The lowest BCUT2D eigenvalue weighted by atomic mass is 10.1. The van der Waals surface area contributed by atoms with E-state index in [0.717, 1.165) is 0 Å². The molecule has 0 aromatic carbocycles. The second-order valence-corrected chi connectivity index (χ2v) is 3.45. The first-order valence-electron chi connectivity index (χ1n) is 3.76. The fourth-order valence-electron chi connectivity index (χ4n) is 1.02. The Morgan fingerprint density at radius 3 is 2.67 bits per heavy atom. The van der Waals surface area contributed by atoms with Gasteiger partial charge in [-0.15, -0.1) is 0 Å². The van der Waals surface area contributed by atoms with Gasteiger partial charge < -0.3 is 5.11 Å². The standard InChI is InChI=1S/C8H5BrF3NO2/c9-6-3(1-5(14)15)7(8(11)12)13-2-4(6)10/h2,8H,1H2,(H,14,15). The van der Waals surface area contributed by atoms with E-state index in [1.54, 1.807) is 0 Å². The van der Waals surface area contributed by atoms with E-state index in [4.69, 9.17) is 5.11 Å². The van der Waals surface area contributed by atoms with Gasteiger partial charge in [-0.3, -0.25) is 9.78 Å². The molecular weight excluding hydrogens is 279 g/mol. The first-order valence-corrected chi connectivity index (χ1v) is 4.55. The van der Waals surface area contributed by atoms with Crippen LogP contribution in [0, 0.1) is 5.82 Å². The Balaban J connectivity index is 3.28. The second-order valence-electron chi connectivity index (χ2n) is 2.66. The number of carboxylic acid groups (broad SMARTS) is 1. The molecule has 0 bridgehead atoms. The van der Waals surface area contributed by atoms with Crippen LogP contribution in [0.1, 0.15) is 17.7 Å². The topological polar surface area (TPSA) is 50.2 Å². The number of hydrogen-bond acceptors (Lipinski definition) is 2. The Morgan fingerprint density at radius 2 is 2.20 bits per heavy atom. The molecule has 0 aliphatic rings. The number of rotatable bonds is 3. The maximum atomic E-state index is 12.9. The zero-order chi connectivity index (χ0) is 11.6. The van der Waals surface area contributed by atoms with Crippen molar-refractivity contribution in [2.75, 3.05) is 0 Å². The Morgan fingerprint density at radius 1 is 1.60 bits per heavy atom. The molecule has 0 saturated carbocycles. The van der Waals surface area contributed by atoms with Crippen LogP contribution in [0.3, 0.4) is 0 Å². The van der Waals surface area contributed by atoms with Crippen molar-refractivity contribution < 1.29 is 23.1 Å². The summed E-state index contributed by atoms with van der Waals surface area (Å²) in [5.41, 5.74) is -1.05. The van der Waals surface area contributed by atoms with E-state index in [-0.39, 0.29) is 10.0 Å². The zero-order valence-electron chi connectivity index (χ0n) is 7.18. The number of carbonyl (C=O) groups is 1. The molecule has 0 saturated heterocycles. The van der Waals surface area contributed by atoms with Gasteiger partial charge >= 0.3 is 5.97 Å². The van der Waals surface area contributed by atoms with Crippen molar-refractivity contribution in [2.45, 2.75) is 12.8 Å². The molecule has 0 unspecified atom stereocenters. The number of halogens is 4. The lowest BCUT2D eigenvalue weighted by Crippen LogP contribution is -2.08. The minimum atomic E-state index is -2.93. The third-order valence-corrected chi connectivity index (χ3v) is 2.49. The van der Waals surface area contributed by atoms with Crippen LogP contribution in [-0.4, -0.2) is 16.1 Å². The monoisotopic (exact) mass is 283 g/mol. The lowest BCUT2D eigenvalue weighted by Gasteiger charge is -2.08. The molecule has 0 radical (unpaired) electrons. The van der Waals surface area contributed by atoms with E-state index in [1.165, 1.54) is 0 Å². The number of carboxylic acids is 1. The molecule has 0 aliphatic carbocycles. The van der Waals surface area contributed by atoms with E-state index in [1.807, 2.05) is 0 Å². The molecule has 15 heavy (non-hydrogen) atoms. The van der Waals surface area contributed by atoms with Gasteiger partial charge in [0.05, 0.1) is 17.1 Å². The molecule has 1 heterocycles. The molecule has 82 valence electrons. The van der Waals surface area contributed by atoms with Crippen LogP contribution in [0.2, 0.25) is 0 Å². The Labute approximate surface area is 91.1 Å². The lowest BCUT2D eigenvalue weighted by molar-refractivity contribution is -0.136. The number of nitrogens with zero attached hydrogens (tertiary/aromatic N) is 1. The predicted molar refractivity (Wildman–Crippen MR) is 48.2 cm³/mol. The van der Waals surface area contributed by atoms with Crippen LogP contribution in [0.5, 0.6) is 0 Å². The zero-order valence-corrected chi connectivity index (χ0v) is 8.76. The summed E-state index contributed by atoms with van der Waals surface area (Å²) in [7, 11) is 0. The molecule has 0 amide bonds. The molecule has 0 atom stereocenters. The molecule has 0 aliphatic heterocycles. The van der Waals surface area contributed by atoms with Crippen molar-refractivity contribution in [3.05, 3.63) is 27.7 Å². The molecular formula is C8H5BrF3NO2. The molecule has 0 spiro atoms. The smallest absolute Gasteiger partial charge is 0.307 e. The van der Waals surface area contributed by atoms with Crippen molar-refractivity contribution in [3.8, 4) is 0 Å². The van der Waals surface area contributed by atoms with E-state index in [2.05, 4.69) is 20.9 Å². The van der Waals surface area contributed by atoms with Gasteiger partial charge in [0, 0.05) is 5.56 Å². The first kappa shape index (κ1) is 12.0. The Hall–Kier alpha value is -1.11. The van der Waals surface area contributed by atoms with Crippen LogP contribution in [0.15, 0.2) is 10.7 Å². The fraction of sp³-hybridized carbons (Fsp3) is 0.250. The molecule has 7 heteroatoms. The molecule has 0 fully saturated rings. The van der Waals surface area contributed by atoms with Gasteiger partial charge in [-0.05, 0) is 15.9 Å². The molecule has 1 N–H and O–H groups in total. The van der Waals surface area contributed by atoms with Crippen molar-refractivity contribution in [3.63, 3.8) is 0 Å². The van der Waals surface area contributed by atoms with Gasteiger partial charge in [0.1, 0.15) is 5.69 Å². The van der Waals surface area contributed by atoms with Gasteiger partial charge in [-0.25, -0.2) is 13.2 Å².